The molecule has 0 radical (unpaired) electrons. The van der Waals surface area contributed by atoms with Crippen LogP contribution in [0.2, 0.25) is 0 Å². The third-order valence-electron chi connectivity index (χ3n) is 3.97. The second-order valence-electron chi connectivity index (χ2n) is 5.27. The van der Waals surface area contributed by atoms with Gasteiger partial charge in [0.15, 0.2) is 0 Å². The largest absolute Gasteiger partial charge is 0.497 e. The van der Waals surface area contributed by atoms with Crippen LogP contribution in [0.1, 0.15) is 22.7 Å². The van der Waals surface area contributed by atoms with Crippen LogP contribution in [-0.4, -0.2) is 7.11 Å². The molecule has 0 bridgehead atoms. The Labute approximate surface area is 125 Å². The number of rotatable bonds is 3. The number of nitrogens with two attached hydrogens (primary N) is 1. The van der Waals surface area contributed by atoms with Crippen LogP contribution in [0.5, 0.6) is 5.75 Å². The van der Waals surface area contributed by atoms with Crippen molar-refractivity contribution in [3.05, 3.63) is 77.4 Å². The van der Waals surface area contributed by atoms with Gasteiger partial charge in [0, 0.05) is 0 Å². The fraction of sp³-hybridized carbons (Fsp3) is 0.158. The first-order valence-corrected chi connectivity index (χ1v) is 7.08. The van der Waals surface area contributed by atoms with Crippen LogP contribution in [-0.2, 0) is 0 Å². The Morgan fingerprint density at radius 1 is 0.905 bits per heavy atom. The molecule has 3 aromatic rings. The summed E-state index contributed by atoms with van der Waals surface area (Å²) in [4.78, 5) is 0. The van der Waals surface area contributed by atoms with Crippen molar-refractivity contribution in [2.45, 2.75) is 13.0 Å². The van der Waals surface area contributed by atoms with Crippen LogP contribution in [0.15, 0.2) is 60.7 Å². The van der Waals surface area contributed by atoms with Crippen molar-refractivity contribution in [2.24, 2.45) is 5.73 Å². The van der Waals surface area contributed by atoms with E-state index in [4.69, 9.17) is 10.5 Å². The predicted octanol–water partition coefficient (Wildman–Crippen LogP) is 4.20. The van der Waals surface area contributed by atoms with Gasteiger partial charge >= 0.3 is 0 Å². The highest BCUT2D eigenvalue weighted by Crippen LogP contribution is 2.30. The minimum absolute atomic E-state index is 0.137. The molecule has 0 saturated carbocycles. The number of aryl methyl sites for hydroxylation is 1. The number of hydrogen-bond donors (Lipinski definition) is 1. The van der Waals surface area contributed by atoms with Crippen molar-refractivity contribution in [1.82, 2.24) is 0 Å². The first-order valence-electron chi connectivity index (χ1n) is 7.08. The van der Waals surface area contributed by atoms with Gasteiger partial charge in [-0.05, 0) is 46.5 Å². The zero-order valence-corrected chi connectivity index (χ0v) is 12.3. The van der Waals surface area contributed by atoms with Crippen molar-refractivity contribution in [1.29, 1.82) is 0 Å². The Balaban J connectivity index is 2.12. The fourth-order valence-electron chi connectivity index (χ4n) is 2.80. The molecule has 2 N–H and O–H groups in total. The summed E-state index contributed by atoms with van der Waals surface area (Å²) in [5.41, 5.74) is 10.0. The van der Waals surface area contributed by atoms with E-state index in [0.717, 1.165) is 11.3 Å². The van der Waals surface area contributed by atoms with E-state index < -0.39 is 0 Å². The maximum absolute atomic E-state index is 6.53. The lowest BCUT2D eigenvalue weighted by molar-refractivity contribution is 0.414. The molecule has 21 heavy (non-hydrogen) atoms. The number of benzene rings is 3. The third-order valence-corrected chi connectivity index (χ3v) is 3.97. The molecule has 0 saturated heterocycles. The molecular formula is C19H19NO. The highest BCUT2D eigenvalue weighted by Gasteiger charge is 2.14. The van der Waals surface area contributed by atoms with E-state index in [9.17, 15) is 0 Å². The first kappa shape index (κ1) is 13.7. The van der Waals surface area contributed by atoms with E-state index >= 15 is 0 Å². The second kappa shape index (κ2) is 5.58. The quantitative estimate of drug-likeness (QED) is 0.778. The molecule has 0 spiro atoms. The lowest BCUT2D eigenvalue weighted by Crippen LogP contribution is -2.13. The summed E-state index contributed by atoms with van der Waals surface area (Å²) in [5.74, 6) is 0.848. The highest BCUT2D eigenvalue weighted by atomic mass is 16.5. The van der Waals surface area contributed by atoms with Gasteiger partial charge in [-0.2, -0.15) is 0 Å². The average molecular weight is 277 g/mol. The Morgan fingerprint density at radius 2 is 1.62 bits per heavy atom. The van der Waals surface area contributed by atoms with Gasteiger partial charge in [-0.3, -0.25) is 0 Å². The average Bonchev–Trinajstić information content (AvgIpc) is 2.54. The number of fused-ring (bicyclic) bond motifs is 1. The van der Waals surface area contributed by atoms with Crippen LogP contribution in [0.4, 0.5) is 0 Å². The highest BCUT2D eigenvalue weighted by molar-refractivity contribution is 5.87. The Kier molecular flexibility index (Phi) is 3.63. The zero-order chi connectivity index (χ0) is 14.8. The van der Waals surface area contributed by atoms with E-state index in [1.54, 1.807) is 7.11 Å². The molecule has 3 rings (SSSR count). The van der Waals surface area contributed by atoms with Crippen LogP contribution in [0.3, 0.4) is 0 Å². The van der Waals surface area contributed by atoms with Gasteiger partial charge in [-0.25, -0.2) is 0 Å². The molecule has 0 aromatic heterocycles. The summed E-state index contributed by atoms with van der Waals surface area (Å²) in [6, 6.07) is 20.5. The summed E-state index contributed by atoms with van der Waals surface area (Å²) in [5, 5.41) is 2.45. The summed E-state index contributed by atoms with van der Waals surface area (Å²) in [7, 11) is 1.67. The van der Waals surface area contributed by atoms with Crippen LogP contribution in [0, 0.1) is 6.92 Å². The Morgan fingerprint density at radius 3 is 2.33 bits per heavy atom. The van der Waals surface area contributed by atoms with Crippen LogP contribution < -0.4 is 10.5 Å². The number of ether oxygens (including phenoxy) is 1. The molecule has 0 amide bonds. The molecule has 2 heteroatoms. The molecule has 0 fully saturated rings. The molecular weight excluding hydrogens is 258 g/mol. The first-order chi connectivity index (χ1) is 10.2. The number of methoxy groups -OCH3 is 1. The molecule has 0 aliphatic carbocycles. The van der Waals surface area contributed by atoms with Crippen LogP contribution in [0.25, 0.3) is 10.8 Å². The normalized spacial score (nSPS) is 12.3. The third kappa shape index (κ3) is 2.50. The van der Waals surface area contributed by atoms with E-state index in [1.807, 2.05) is 24.3 Å². The summed E-state index contributed by atoms with van der Waals surface area (Å²) in [6.07, 6.45) is 0. The monoisotopic (exact) mass is 277 g/mol. The van der Waals surface area contributed by atoms with Crippen molar-refractivity contribution in [3.8, 4) is 5.75 Å². The molecule has 0 heterocycles. The van der Waals surface area contributed by atoms with Gasteiger partial charge in [0.2, 0.25) is 0 Å². The molecule has 0 aliphatic heterocycles. The summed E-state index contributed by atoms with van der Waals surface area (Å²) in [6.45, 7) is 2.12. The summed E-state index contributed by atoms with van der Waals surface area (Å²) >= 11 is 0. The molecule has 0 aliphatic rings. The number of hydrogen-bond acceptors (Lipinski definition) is 2. The van der Waals surface area contributed by atoms with Gasteiger partial charge in [-0.15, -0.1) is 0 Å². The standard InChI is InChI=1S/C19H19NO/c1-13-7-8-14-5-3-4-6-17(14)18(13)19(20)15-9-11-16(21-2)12-10-15/h3-12,19H,20H2,1-2H3. The lowest BCUT2D eigenvalue weighted by atomic mass is 9.91. The Hall–Kier alpha value is -2.32. The van der Waals surface area contributed by atoms with Gasteiger partial charge < -0.3 is 10.5 Å². The lowest BCUT2D eigenvalue weighted by Gasteiger charge is -2.18. The topological polar surface area (TPSA) is 35.2 Å². The maximum Gasteiger partial charge on any atom is 0.118 e. The van der Waals surface area contributed by atoms with E-state index in [0.29, 0.717) is 0 Å². The fourth-order valence-corrected chi connectivity index (χ4v) is 2.80. The SMILES string of the molecule is COc1ccc(C(N)c2c(C)ccc3ccccc23)cc1. The smallest absolute Gasteiger partial charge is 0.118 e. The molecule has 1 atom stereocenters. The predicted molar refractivity (Wildman–Crippen MR) is 87.7 cm³/mol. The van der Waals surface area contributed by atoms with Gasteiger partial charge in [0.25, 0.3) is 0 Å². The molecule has 2 nitrogen and oxygen atoms in total. The van der Waals surface area contributed by atoms with Gasteiger partial charge in [-0.1, -0.05) is 48.5 Å². The minimum atomic E-state index is -0.137. The molecule has 1 unspecified atom stereocenters. The molecule has 3 aromatic carbocycles. The van der Waals surface area contributed by atoms with E-state index in [-0.39, 0.29) is 6.04 Å². The maximum atomic E-state index is 6.53. The Bertz CT molecular complexity index is 762. The van der Waals surface area contributed by atoms with E-state index in [2.05, 4.69) is 43.3 Å². The minimum Gasteiger partial charge on any atom is -0.497 e. The molecule has 106 valence electrons. The zero-order valence-electron chi connectivity index (χ0n) is 12.3. The van der Waals surface area contributed by atoms with E-state index in [1.165, 1.54) is 21.9 Å². The van der Waals surface area contributed by atoms with Crippen molar-refractivity contribution >= 4 is 10.8 Å². The van der Waals surface area contributed by atoms with Gasteiger partial charge in [0.05, 0.1) is 13.2 Å². The van der Waals surface area contributed by atoms with Crippen molar-refractivity contribution < 1.29 is 4.74 Å². The summed E-state index contributed by atoms with van der Waals surface area (Å²) < 4.78 is 5.21. The van der Waals surface area contributed by atoms with Crippen molar-refractivity contribution in [2.75, 3.05) is 7.11 Å². The second-order valence-corrected chi connectivity index (χ2v) is 5.27. The van der Waals surface area contributed by atoms with Gasteiger partial charge in [0.1, 0.15) is 5.75 Å². The van der Waals surface area contributed by atoms with Crippen molar-refractivity contribution in [3.63, 3.8) is 0 Å². The van der Waals surface area contributed by atoms with Crippen LogP contribution >= 0.6 is 0 Å².